The Morgan fingerprint density at radius 1 is 1.28 bits per heavy atom. The molecule has 0 saturated carbocycles. The van der Waals surface area contributed by atoms with Crippen molar-refractivity contribution < 1.29 is 14.3 Å². The Morgan fingerprint density at radius 3 is 2.72 bits per heavy atom. The lowest BCUT2D eigenvalue weighted by Crippen LogP contribution is -2.51. The van der Waals surface area contributed by atoms with Crippen LogP contribution in [0.15, 0.2) is 36.7 Å². The van der Waals surface area contributed by atoms with Crippen LogP contribution in [-0.2, 0) is 9.53 Å². The molecule has 25 heavy (non-hydrogen) atoms. The number of ether oxygens (including phenoxy) is 1. The van der Waals surface area contributed by atoms with Crippen LogP contribution in [0.4, 0.5) is 0 Å². The van der Waals surface area contributed by atoms with E-state index in [-0.39, 0.29) is 11.8 Å². The maximum Gasteiger partial charge on any atom is 0.254 e. The molecule has 1 atom stereocenters. The average molecular weight is 343 g/mol. The highest BCUT2D eigenvalue weighted by molar-refractivity contribution is 6.00. The molecule has 8 heteroatoms. The summed E-state index contributed by atoms with van der Waals surface area (Å²) in [4.78, 5) is 27.1. The summed E-state index contributed by atoms with van der Waals surface area (Å²) in [6.07, 6.45) is 3.74. The van der Waals surface area contributed by atoms with Gasteiger partial charge in [0.15, 0.2) is 0 Å². The Balaban J connectivity index is 1.76. The van der Waals surface area contributed by atoms with Gasteiger partial charge in [-0.05, 0) is 18.6 Å². The lowest BCUT2D eigenvalue weighted by atomic mass is 10.1. The molecule has 1 aromatic carbocycles. The number of nitrogens with zero attached hydrogens (tertiary/aromatic N) is 4. The van der Waals surface area contributed by atoms with Gasteiger partial charge in [-0.15, -0.1) is 5.10 Å². The monoisotopic (exact) mass is 343 g/mol. The van der Waals surface area contributed by atoms with E-state index in [9.17, 15) is 9.59 Å². The highest BCUT2D eigenvalue weighted by Gasteiger charge is 2.26. The zero-order valence-electron chi connectivity index (χ0n) is 14.1. The third-order valence-corrected chi connectivity index (χ3v) is 4.15. The van der Waals surface area contributed by atoms with E-state index in [4.69, 9.17) is 4.74 Å². The third-order valence-electron chi connectivity index (χ3n) is 4.15. The molecule has 1 aromatic heterocycles. The molecule has 3 rings (SSSR count). The molecule has 2 amide bonds. The number of rotatable bonds is 5. The first-order chi connectivity index (χ1) is 12.2. The molecule has 8 nitrogen and oxygen atoms in total. The molecule has 0 radical (unpaired) electrons. The molecule has 0 bridgehead atoms. The predicted octanol–water partition coefficient (Wildman–Crippen LogP) is 0.634. The van der Waals surface area contributed by atoms with Crippen LogP contribution in [0.3, 0.4) is 0 Å². The van der Waals surface area contributed by atoms with Crippen LogP contribution in [0.2, 0.25) is 0 Å². The van der Waals surface area contributed by atoms with Crippen molar-refractivity contribution in [2.24, 2.45) is 0 Å². The van der Waals surface area contributed by atoms with Crippen molar-refractivity contribution in [3.63, 3.8) is 0 Å². The summed E-state index contributed by atoms with van der Waals surface area (Å²) >= 11 is 0. The summed E-state index contributed by atoms with van der Waals surface area (Å²) in [5.74, 6) is -0.378. The SMILES string of the molecule is CCC(NC(=O)c1ccccc1-n1ccnn1)C(=O)N1CCOCC1. The minimum absolute atomic E-state index is 0.0719. The molecule has 1 aliphatic heterocycles. The molecule has 2 aromatic rings. The molecular formula is C17H21N5O3. The zero-order valence-corrected chi connectivity index (χ0v) is 14.1. The van der Waals surface area contributed by atoms with Crippen LogP contribution >= 0.6 is 0 Å². The summed E-state index contributed by atoms with van der Waals surface area (Å²) in [6, 6.07) is 6.53. The van der Waals surface area contributed by atoms with Crippen molar-refractivity contribution in [1.29, 1.82) is 0 Å². The van der Waals surface area contributed by atoms with Crippen molar-refractivity contribution in [2.45, 2.75) is 19.4 Å². The van der Waals surface area contributed by atoms with Crippen LogP contribution in [0, 0.1) is 0 Å². The van der Waals surface area contributed by atoms with Crippen LogP contribution < -0.4 is 5.32 Å². The minimum atomic E-state index is -0.561. The average Bonchev–Trinajstić information content (AvgIpc) is 3.20. The van der Waals surface area contributed by atoms with Gasteiger partial charge in [0.1, 0.15) is 6.04 Å². The van der Waals surface area contributed by atoms with Crippen molar-refractivity contribution in [2.75, 3.05) is 26.3 Å². The second kappa shape index (κ2) is 7.89. The predicted molar refractivity (Wildman–Crippen MR) is 90.3 cm³/mol. The quantitative estimate of drug-likeness (QED) is 0.860. The summed E-state index contributed by atoms with van der Waals surface area (Å²) in [5, 5.41) is 10.6. The molecule has 1 unspecified atom stereocenters. The van der Waals surface area contributed by atoms with E-state index in [2.05, 4.69) is 15.6 Å². The maximum absolute atomic E-state index is 12.7. The van der Waals surface area contributed by atoms with E-state index < -0.39 is 6.04 Å². The van der Waals surface area contributed by atoms with Crippen LogP contribution in [0.5, 0.6) is 0 Å². The van der Waals surface area contributed by atoms with Crippen LogP contribution in [0.1, 0.15) is 23.7 Å². The second-order valence-corrected chi connectivity index (χ2v) is 5.74. The second-order valence-electron chi connectivity index (χ2n) is 5.74. The molecular weight excluding hydrogens is 322 g/mol. The van der Waals surface area contributed by atoms with Gasteiger partial charge >= 0.3 is 0 Å². The Bertz CT molecular complexity index is 726. The molecule has 0 spiro atoms. The van der Waals surface area contributed by atoms with Gasteiger partial charge in [0.05, 0.1) is 36.9 Å². The molecule has 0 aliphatic carbocycles. The molecule has 2 heterocycles. The Hall–Kier alpha value is -2.74. The van der Waals surface area contributed by atoms with Crippen molar-refractivity contribution >= 4 is 11.8 Å². The number of carbonyl (C=O) groups excluding carboxylic acids is 2. The highest BCUT2D eigenvalue weighted by Crippen LogP contribution is 2.14. The number of hydrogen-bond donors (Lipinski definition) is 1. The third kappa shape index (κ3) is 3.85. The van der Waals surface area contributed by atoms with Gasteiger partial charge in [0.2, 0.25) is 5.91 Å². The Morgan fingerprint density at radius 2 is 2.04 bits per heavy atom. The smallest absolute Gasteiger partial charge is 0.254 e. The normalized spacial score (nSPS) is 15.6. The standard InChI is InChI=1S/C17H21N5O3/c1-2-14(17(24)21-9-11-25-12-10-21)19-16(23)13-5-3-4-6-15(13)22-8-7-18-20-22/h3-8,14H,2,9-12H2,1H3,(H,19,23). The number of nitrogens with one attached hydrogen (secondary N) is 1. The topological polar surface area (TPSA) is 89.3 Å². The van der Waals surface area contributed by atoms with E-state index in [0.717, 1.165) is 0 Å². The van der Waals surface area contributed by atoms with Crippen molar-refractivity contribution in [3.05, 3.63) is 42.2 Å². The molecule has 132 valence electrons. The van der Waals surface area contributed by atoms with Gasteiger partial charge in [-0.3, -0.25) is 9.59 Å². The number of benzene rings is 1. The number of aromatic nitrogens is 3. The molecule has 1 saturated heterocycles. The fourth-order valence-electron chi connectivity index (χ4n) is 2.78. The van der Waals surface area contributed by atoms with Crippen LogP contribution in [-0.4, -0.2) is 64.1 Å². The number of carbonyl (C=O) groups is 2. The van der Waals surface area contributed by atoms with Gasteiger partial charge in [0, 0.05) is 13.1 Å². The minimum Gasteiger partial charge on any atom is -0.378 e. The first kappa shape index (κ1) is 17.1. The first-order valence-electron chi connectivity index (χ1n) is 8.34. The fourth-order valence-corrected chi connectivity index (χ4v) is 2.78. The fraction of sp³-hybridized carbons (Fsp3) is 0.412. The summed E-state index contributed by atoms with van der Waals surface area (Å²) in [7, 11) is 0. The van der Waals surface area contributed by atoms with Crippen molar-refractivity contribution in [3.8, 4) is 5.69 Å². The first-order valence-corrected chi connectivity index (χ1v) is 8.34. The van der Waals surface area contributed by atoms with E-state index in [1.807, 2.05) is 13.0 Å². The van der Waals surface area contributed by atoms with Gasteiger partial charge in [0.25, 0.3) is 5.91 Å². The largest absolute Gasteiger partial charge is 0.378 e. The van der Waals surface area contributed by atoms with Gasteiger partial charge in [-0.1, -0.05) is 24.3 Å². The van der Waals surface area contributed by atoms with E-state index in [0.29, 0.717) is 44.0 Å². The summed E-state index contributed by atoms with van der Waals surface area (Å²) in [6.45, 7) is 4.06. The van der Waals surface area contributed by atoms with Gasteiger partial charge < -0.3 is 15.0 Å². The number of hydrogen-bond acceptors (Lipinski definition) is 5. The Labute approximate surface area is 145 Å². The van der Waals surface area contributed by atoms with Gasteiger partial charge in [-0.25, -0.2) is 4.68 Å². The number of amides is 2. The molecule has 1 fully saturated rings. The Kier molecular flexibility index (Phi) is 5.39. The lowest BCUT2D eigenvalue weighted by molar-refractivity contribution is -0.137. The van der Waals surface area contributed by atoms with E-state index in [1.54, 1.807) is 35.5 Å². The molecule has 1 aliphatic rings. The maximum atomic E-state index is 12.7. The summed E-state index contributed by atoms with van der Waals surface area (Å²) in [5.41, 5.74) is 1.06. The van der Waals surface area contributed by atoms with Crippen LogP contribution in [0.25, 0.3) is 5.69 Å². The highest BCUT2D eigenvalue weighted by atomic mass is 16.5. The van der Waals surface area contributed by atoms with E-state index >= 15 is 0 Å². The zero-order chi connectivity index (χ0) is 17.6. The lowest BCUT2D eigenvalue weighted by Gasteiger charge is -2.30. The van der Waals surface area contributed by atoms with E-state index in [1.165, 1.54) is 4.68 Å². The van der Waals surface area contributed by atoms with Gasteiger partial charge in [-0.2, -0.15) is 0 Å². The number of morpholine rings is 1. The number of para-hydroxylation sites is 1. The summed E-state index contributed by atoms with van der Waals surface area (Å²) < 4.78 is 6.80. The van der Waals surface area contributed by atoms with Crippen molar-refractivity contribution in [1.82, 2.24) is 25.2 Å². The molecule has 1 N–H and O–H groups in total.